The maximum absolute atomic E-state index is 11.5. The van der Waals surface area contributed by atoms with Crippen molar-refractivity contribution in [1.29, 1.82) is 0 Å². The third-order valence-electron chi connectivity index (χ3n) is 2.39. The van der Waals surface area contributed by atoms with Crippen LogP contribution in [-0.2, 0) is 14.6 Å². The standard InChI is InChI=1S/C8H15NO3S/c1-8(2,13(3,11)12)7(10)9-6-4-5-6/h6H,4-5H2,1-3H3,(H,9,10). The molecule has 5 heteroatoms. The van der Waals surface area contributed by atoms with Gasteiger partial charge in [0.1, 0.15) is 4.75 Å². The number of carbonyl (C=O) groups is 1. The Balaban J connectivity index is 2.72. The fourth-order valence-corrected chi connectivity index (χ4v) is 1.15. The van der Waals surface area contributed by atoms with Crippen LogP contribution in [0.25, 0.3) is 0 Å². The molecule has 76 valence electrons. The Morgan fingerprint density at radius 1 is 1.38 bits per heavy atom. The first-order chi connectivity index (χ1) is 5.75. The minimum atomic E-state index is -3.33. The lowest BCUT2D eigenvalue weighted by Gasteiger charge is -2.21. The highest BCUT2D eigenvalue weighted by molar-refractivity contribution is 7.92. The maximum atomic E-state index is 11.5. The van der Waals surface area contributed by atoms with Crippen molar-refractivity contribution in [3.63, 3.8) is 0 Å². The van der Waals surface area contributed by atoms with E-state index in [4.69, 9.17) is 0 Å². The van der Waals surface area contributed by atoms with Crippen molar-refractivity contribution in [3.05, 3.63) is 0 Å². The van der Waals surface area contributed by atoms with E-state index in [2.05, 4.69) is 5.32 Å². The number of sulfone groups is 1. The third-order valence-corrected chi connectivity index (χ3v) is 4.43. The zero-order valence-electron chi connectivity index (χ0n) is 8.12. The van der Waals surface area contributed by atoms with Gasteiger partial charge in [-0.1, -0.05) is 0 Å². The lowest BCUT2D eigenvalue weighted by molar-refractivity contribution is -0.123. The van der Waals surface area contributed by atoms with Crippen LogP contribution in [0.2, 0.25) is 0 Å². The Labute approximate surface area is 78.6 Å². The van der Waals surface area contributed by atoms with E-state index in [0.29, 0.717) is 0 Å². The molecule has 0 spiro atoms. The Kier molecular flexibility index (Phi) is 2.40. The lowest BCUT2D eigenvalue weighted by atomic mass is 10.2. The number of nitrogens with one attached hydrogen (secondary N) is 1. The van der Waals surface area contributed by atoms with Crippen molar-refractivity contribution in [2.24, 2.45) is 0 Å². The number of hydrogen-bond donors (Lipinski definition) is 1. The van der Waals surface area contributed by atoms with E-state index in [1.807, 2.05) is 0 Å². The summed E-state index contributed by atoms with van der Waals surface area (Å²) in [6.45, 7) is 2.86. The highest BCUT2D eigenvalue weighted by atomic mass is 32.2. The second kappa shape index (κ2) is 2.97. The molecule has 0 aromatic rings. The predicted octanol–water partition coefficient (Wildman–Crippen LogP) is 0.0882. The summed E-state index contributed by atoms with van der Waals surface area (Å²) in [4.78, 5) is 11.5. The molecule has 0 aliphatic heterocycles. The molecule has 0 heterocycles. The molecular weight excluding hydrogens is 190 g/mol. The molecule has 1 N–H and O–H groups in total. The minimum absolute atomic E-state index is 0.202. The summed E-state index contributed by atoms with van der Waals surface area (Å²) < 4.78 is 21.2. The Morgan fingerprint density at radius 2 is 1.85 bits per heavy atom. The summed E-state index contributed by atoms with van der Waals surface area (Å²) in [7, 11) is -3.33. The molecular formula is C8H15NO3S. The molecule has 1 rings (SSSR count). The molecule has 4 nitrogen and oxygen atoms in total. The monoisotopic (exact) mass is 205 g/mol. The van der Waals surface area contributed by atoms with Gasteiger partial charge in [0.05, 0.1) is 0 Å². The zero-order chi connectivity index (χ0) is 10.3. The molecule has 0 radical (unpaired) electrons. The van der Waals surface area contributed by atoms with Crippen LogP contribution in [0.15, 0.2) is 0 Å². The van der Waals surface area contributed by atoms with Crippen LogP contribution >= 0.6 is 0 Å². The molecule has 0 aromatic heterocycles. The summed E-state index contributed by atoms with van der Waals surface area (Å²) in [6, 6.07) is 0.202. The molecule has 0 bridgehead atoms. The predicted molar refractivity (Wildman–Crippen MR) is 50.1 cm³/mol. The maximum Gasteiger partial charge on any atom is 0.241 e. The van der Waals surface area contributed by atoms with Crippen molar-refractivity contribution >= 4 is 15.7 Å². The van der Waals surface area contributed by atoms with Gasteiger partial charge in [-0.05, 0) is 26.7 Å². The number of amides is 1. The van der Waals surface area contributed by atoms with E-state index in [9.17, 15) is 13.2 Å². The van der Waals surface area contributed by atoms with Gasteiger partial charge in [-0.3, -0.25) is 4.79 Å². The average Bonchev–Trinajstić information content (AvgIpc) is 2.68. The van der Waals surface area contributed by atoms with Crippen LogP contribution in [0, 0.1) is 0 Å². The van der Waals surface area contributed by atoms with Gasteiger partial charge < -0.3 is 5.32 Å². The second-order valence-corrected chi connectivity index (χ2v) is 6.60. The van der Waals surface area contributed by atoms with Crippen molar-refractivity contribution in [3.8, 4) is 0 Å². The molecule has 13 heavy (non-hydrogen) atoms. The van der Waals surface area contributed by atoms with Gasteiger partial charge in [0.25, 0.3) is 0 Å². The summed E-state index contributed by atoms with van der Waals surface area (Å²) in [6.07, 6.45) is 3.01. The molecule has 1 amide bonds. The first-order valence-electron chi connectivity index (χ1n) is 4.26. The highest BCUT2D eigenvalue weighted by Gasteiger charge is 2.40. The Morgan fingerprint density at radius 3 is 2.15 bits per heavy atom. The summed E-state index contributed by atoms with van der Waals surface area (Å²) >= 11 is 0. The van der Waals surface area contributed by atoms with Crippen molar-refractivity contribution in [2.75, 3.05) is 6.26 Å². The van der Waals surface area contributed by atoms with E-state index < -0.39 is 20.5 Å². The van der Waals surface area contributed by atoms with Crippen LogP contribution < -0.4 is 5.32 Å². The Hall–Kier alpha value is -0.580. The first kappa shape index (κ1) is 10.5. The first-order valence-corrected chi connectivity index (χ1v) is 6.15. The van der Waals surface area contributed by atoms with Gasteiger partial charge >= 0.3 is 0 Å². The van der Waals surface area contributed by atoms with Gasteiger partial charge in [0.15, 0.2) is 9.84 Å². The van der Waals surface area contributed by atoms with Crippen LogP contribution in [0.1, 0.15) is 26.7 Å². The molecule has 1 saturated carbocycles. The van der Waals surface area contributed by atoms with E-state index in [-0.39, 0.29) is 6.04 Å². The van der Waals surface area contributed by atoms with E-state index in [0.717, 1.165) is 19.1 Å². The second-order valence-electron chi connectivity index (χ2n) is 4.03. The third kappa shape index (κ3) is 2.21. The van der Waals surface area contributed by atoms with Crippen LogP contribution in [0.4, 0.5) is 0 Å². The van der Waals surface area contributed by atoms with Crippen molar-refractivity contribution < 1.29 is 13.2 Å². The fraction of sp³-hybridized carbons (Fsp3) is 0.875. The van der Waals surface area contributed by atoms with Gasteiger partial charge in [-0.15, -0.1) is 0 Å². The fourth-order valence-electron chi connectivity index (χ4n) is 0.755. The smallest absolute Gasteiger partial charge is 0.241 e. The van der Waals surface area contributed by atoms with E-state index in [1.165, 1.54) is 13.8 Å². The largest absolute Gasteiger partial charge is 0.352 e. The summed E-state index contributed by atoms with van der Waals surface area (Å²) in [5.41, 5.74) is 0. The van der Waals surface area contributed by atoms with Crippen molar-refractivity contribution in [1.82, 2.24) is 5.32 Å². The molecule has 0 saturated heterocycles. The zero-order valence-corrected chi connectivity index (χ0v) is 8.94. The SMILES string of the molecule is CC(C)(C(=O)NC1CC1)S(C)(=O)=O. The topological polar surface area (TPSA) is 63.2 Å². The van der Waals surface area contributed by atoms with E-state index >= 15 is 0 Å². The van der Waals surface area contributed by atoms with Crippen LogP contribution in [0.5, 0.6) is 0 Å². The molecule has 1 aliphatic rings. The van der Waals surface area contributed by atoms with Crippen LogP contribution in [-0.4, -0.2) is 31.4 Å². The number of carbonyl (C=O) groups excluding carboxylic acids is 1. The molecule has 0 aromatic carbocycles. The van der Waals surface area contributed by atoms with Gasteiger partial charge in [0, 0.05) is 12.3 Å². The van der Waals surface area contributed by atoms with Crippen molar-refractivity contribution in [2.45, 2.75) is 37.5 Å². The summed E-state index contributed by atoms with van der Waals surface area (Å²) in [5.74, 6) is -0.391. The molecule has 1 fully saturated rings. The van der Waals surface area contributed by atoms with Gasteiger partial charge in [-0.25, -0.2) is 8.42 Å². The Bertz CT molecular complexity index is 314. The number of hydrogen-bond acceptors (Lipinski definition) is 3. The summed E-state index contributed by atoms with van der Waals surface area (Å²) in [5, 5.41) is 2.68. The molecule has 1 aliphatic carbocycles. The van der Waals surface area contributed by atoms with Crippen LogP contribution in [0.3, 0.4) is 0 Å². The quantitative estimate of drug-likeness (QED) is 0.710. The van der Waals surface area contributed by atoms with E-state index in [1.54, 1.807) is 0 Å². The highest BCUT2D eigenvalue weighted by Crippen LogP contribution is 2.22. The van der Waals surface area contributed by atoms with Gasteiger partial charge in [-0.2, -0.15) is 0 Å². The molecule has 0 unspecified atom stereocenters. The molecule has 0 atom stereocenters. The van der Waals surface area contributed by atoms with Gasteiger partial charge in [0.2, 0.25) is 5.91 Å². The lowest BCUT2D eigenvalue weighted by Crippen LogP contribution is -2.48. The average molecular weight is 205 g/mol. The minimum Gasteiger partial charge on any atom is -0.352 e. The normalized spacial score (nSPS) is 18.4. The number of rotatable bonds is 3.